The van der Waals surface area contributed by atoms with Gasteiger partial charge in [0.1, 0.15) is 16.7 Å². The number of aryl methyl sites for hydroxylation is 1. The van der Waals surface area contributed by atoms with Crippen LogP contribution in [0, 0.1) is 6.92 Å². The number of hydrogen-bond donors (Lipinski definition) is 0. The fourth-order valence-electron chi connectivity index (χ4n) is 4.57. The first-order valence-electron chi connectivity index (χ1n) is 13.1. The van der Waals surface area contributed by atoms with Crippen molar-refractivity contribution in [1.82, 2.24) is 3.93 Å². The van der Waals surface area contributed by atoms with Gasteiger partial charge in [0.2, 0.25) is 0 Å². The Morgan fingerprint density at radius 3 is 1.74 bits per heavy atom. The summed E-state index contributed by atoms with van der Waals surface area (Å²) in [6, 6.07) is 6.40. The second-order valence-corrected chi connectivity index (χ2v) is 13.7. The van der Waals surface area contributed by atoms with E-state index >= 15 is 0 Å². The first-order chi connectivity index (χ1) is 17.5. The van der Waals surface area contributed by atoms with Gasteiger partial charge in [-0.1, -0.05) is 17.7 Å². The largest absolute Gasteiger partial charge is 0.744 e. The van der Waals surface area contributed by atoms with Gasteiger partial charge in [0.25, 0.3) is 0 Å². The molecule has 1 aliphatic heterocycles. The number of nitrogens with zero attached hydrogens (tertiary/aromatic N) is 2. The standard InChI is InChI=1S/C20H42BrN2O4.C7H8O3S/c1-19(2)16-18(17-20(3,4)22(19)21)23(5,6)8-9-25-12-13-27-15-14-26-11-10-24-7;1-6-2-4-7(5-3-6)11(8,9)10/h18H,8-17H2,1-7H3;2-5H,1H3,(H,8,9,10)/q+1;/p-1. The average molecular weight is 626 g/mol. The van der Waals surface area contributed by atoms with Gasteiger partial charge in [0.05, 0.1) is 71.3 Å². The Morgan fingerprint density at radius 2 is 1.32 bits per heavy atom. The lowest BCUT2D eigenvalue weighted by Gasteiger charge is -2.55. The highest BCUT2D eigenvalue weighted by Crippen LogP contribution is 2.43. The zero-order chi connectivity index (χ0) is 29.0. The molecule has 1 aromatic carbocycles. The van der Waals surface area contributed by atoms with Gasteiger partial charge in [0.15, 0.2) is 0 Å². The summed E-state index contributed by atoms with van der Waals surface area (Å²) in [5, 5.41) is 0. The van der Waals surface area contributed by atoms with E-state index in [1.165, 1.54) is 25.0 Å². The minimum absolute atomic E-state index is 0.141. The van der Waals surface area contributed by atoms with E-state index in [0.29, 0.717) is 45.7 Å². The molecule has 0 amide bonds. The molecule has 1 saturated heterocycles. The summed E-state index contributed by atoms with van der Waals surface area (Å²) >= 11 is 3.81. The molecular formula is C27H49BrN2O7S. The maximum absolute atomic E-state index is 10.4. The van der Waals surface area contributed by atoms with Crippen LogP contribution >= 0.6 is 16.1 Å². The number of quaternary nitrogens is 1. The average Bonchev–Trinajstić information content (AvgIpc) is 2.80. The minimum Gasteiger partial charge on any atom is -0.744 e. The lowest BCUT2D eigenvalue weighted by atomic mass is 9.78. The Balaban J connectivity index is 0.000000544. The summed E-state index contributed by atoms with van der Waals surface area (Å²) in [5.41, 5.74) is 1.21. The van der Waals surface area contributed by atoms with Crippen molar-refractivity contribution in [2.45, 2.75) is 69.5 Å². The van der Waals surface area contributed by atoms with Crippen LogP contribution in [-0.4, -0.2) is 112 Å². The Morgan fingerprint density at radius 1 is 0.895 bits per heavy atom. The van der Waals surface area contributed by atoms with E-state index in [0.717, 1.165) is 23.2 Å². The van der Waals surface area contributed by atoms with Crippen LogP contribution < -0.4 is 0 Å². The maximum Gasteiger partial charge on any atom is 0.124 e. The highest BCUT2D eigenvalue weighted by atomic mass is 79.9. The van der Waals surface area contributed by atoms with Crippen LogP contribution in [0.1, 0.15) is 46.1 Å². The molecule has 0 N–H and O–H groups in total. The summed E-state index contributed by atoms with van der Waals surface area (Å²) in [6.07, 6.45) is 2.34. The van der Waals surface area contributed by atoms with Gasteiger partial charge in [-0.25, -0.2) is 12.3 Å². The molecule has 11 heteroatoms. The van der Waals surface area contributed by atoms with Crippen LogP contribution in [0.5, 0.6) is 0 Å². The molecule has 9 nitrogen and oxygen atoms in total. The van der Waals surface area contributed by atoms with Crippen molar-refractivity contribution >= 4 is 26.3 Å². The highest BCUT2D eigenvalue weighted by molar-refractivity contribution is 9.07. The number of rotatable bonds is 14. The first-order valence-corrected chi connectivity index (χ1v) is 15.2. The molecule has 0 atom stereocenters. The summed E-state index contributed by atoms with van der Waals surface area (Å²) in [6.45, 7) is 16.6. The zero-order valence-electron chi connectivity index (χ0n) is 24.5. The smallest absolute Gasteiger partial charge is 0.124 e. The van der Waals surface area contributed by atoms with E-state index in [4.69, 9.17) is 18.9 Å². The molecule has 2 rings (SSSR count). The topological polar surface area (TPSA) is 97.4 Å². The molecule has 38 heavy (non-hydrogen) atoms. The molecule has 1 aliphatic rings. The molecule has 0 radical (unpaired) electrons. The van der Waals surface area contributed by atoms with Crippen LogP contribution in [0.25, 0.3) is 0 Å². The van der Waals surface area contributed by atoms with Crippen molar-refractivity contribution in [2.75, 3.05) is 74.0 Å². The first kappa shape index (κ1) is 35.4. The zero-order valence-corrected chi connectivity index (χ0v) is 26.9. The number of piperidine rings is 1. The van der Waals surface area contributed by atoms with Gasteiger partial charge in [-0.05, 0) is 46.8 Å². The van der Waals surface area contributed by atoms with Crippen molar-refractivity contribution in [2.24, 2.45) is 0 Å². The summed E-state index contributed by atoms with van der Waals surface area (Å²) in [5.74, 6) is 0. The molecule has 222 valence electrons. The van der Waals surface area contributed by atoms with Gasteiger partial charge >= 0.3 is 0 Å². The third kappa shape index (κ3) is 12.7. The predicted molar refractivity (Wildman–Crippen MR) is 152 cm³/mol. The molecule has 0 unspecified atom stereocenters. The number of likely N-dealkylation sites (N-methyl/N-ethyl adjacent to an activating group) is 1. The minimum atomic E-state index is -4.27. The molecule has 1 fully saturated rings. The quantitative estimate of drug-likeness (QED) is 0.133. The van der Waals surface area contributed by atoms with E-state index in [9.17, 15) is 13.0 Å². The van der Waals surface area contributed by atoms with Crippen LogP contribution in [0.15, 0.2) is 29.2 Å². The van der Waals surface area contributed by atoms with Crippen molar-refractivity contribution < 1.29 is 36.4 Å². The number of ether oxygens (including phenoxy) is 4. The molecule has 1 aromatic rings. The van der Waals surface area contributed by atoms with Gasteiger partial charge in [-0.3, -0.25) is 0 Å². The Hall–Kier alpha value is -0.630. The number of hydrogen-bond acceptors (Lipinski definition) is 8. The lowest BCUT2D eigenvalue weighted by molar-refractivity contribution is -0.918. The van der Waals surface area contributed by atoms with Crippen LogP contribution in [0.3, 0.4) is 0 Å². The third-order valence-corrected chi connectivity index (χ3v) is 9.59. The fourth-order valence-corrected chi connectivity index (χ4v) is 5.33. The maximum atomic E-state index is 10.4. The summed E-state index contributed by atoms with van der Waals surface area (Å²) in [7, 11) is 2.06. The number of halogens is 1. The van der Waals surface area contributed by atoms with Crippen LogP contribution in [0.4, 0.5) is 0 Å². The van der Waals surface area contributed by atoms with Crippen molar-refractivity contribution in [1.29, 1.82) is 0 Å². The Labute approximate surface area is 239 Å². The SMILES string of the molecule is COCCOCCOCCOCC[N+](C)(C)C1CC(C)(C)N(Br)C(C)(C)C1.Cc1ccc(S(=O)(=O)[O-])cc1. The molecule has 0 aromatic heterocycles. The second kappa shape index (κ2) is 16.0. The Bertz CT molecular complexity index is 891. The van der Waals surface area contributed by atoms with E-state index in [2.05, 4.69) is 61.9 Å². The van der Waals surface area contributed by atoms with E-state index in [-0.39, 0.29) is 16.0 Å². The monoisotopic (exact) mass is 624 g/mol. The molecule has 0 bridgehead atoms. The van der Waals surface area contributed by atoms with E-state index in [1.54, 1.807) is 19.2 Å². The molecule has 0 saturated carbocycles. The van der Waals surface area contributed by atoms with Crippen LogP contribution in [-0.2, 0) is 29.1 Å². The lowest BCUT2D eigenvalue weighted by Crippen LogP contribution is -2.64. The van der Waals surface area contributed by atoms with Gasteiger partial charge in [-0.15, -0.1) is 0 Å². The highest BCUT2D eigenvalue weighted by Gasteiger charge is 2.49. The summed E-state index contributed by atoms with van der Waals surface area (Å²) in [4.78, 5) is -0.178. The van der Waals surface area contributed by atoms with E-state index in [1.807, 2.05) is 6.92 Å². The fraction of sp³-hybridized carbons (Fsp3) is 0.778. The molecule has 0 aliphatic carbocycles. The normalized spacial score (nSPS) is 18.2. The third-order valence-electron chi connectivity index (χ3n) is 6.82. The molecular weight excluding hydrogens is 576 g/mol. The number of benzene rings is 1. The van der Waals surface area contributed by atoms with Crippen molar-refractivity contribution in [3.63, 3.8) is 0 Å². The Kier molecular flexibility index (Phi) is 14.9. The van der Waals surface area contributed by atoms with Gasteiger partial charge in [0, 0.05) is 47.2 Å². The summed E-state index contributed by atoms with van der Waals surface area (Å²) < 4.78 is 56.1. The van der Waals surface area contributed by atoms with E-state index < -0.39 is 10.1 Å². The van der Waals surface area contributed by atoms with Gasteiger partial charge in [-0.2, -0.15) is 0 Å². The second-order valence-electron chi connectivity index (χ2n) is 11.6. The number of methoxy groups -OCH3 is 1. The molecule has 0 spiro atoms. The van der Waals surface area contributed by atoms with Crippen LogP contribution in [0.2, 0.25) is 0 Å². The predicted octanol–water partition coefficient (Wildman–Crippen LogP) is 3.99. The van der Waals surface area contributed by atoms with Gasteiger partial charge < -0.3 is 28.0 Å². The molecule has 1 heterocycles. The van der Waals surface area contributed by atoms with Crippen molar-refractivity contribution in [3.8, 4) is 0 Å². The van der Waals surface area contributed by atoms with Crippen molar-refractivity contribution in [3.05, 3.63) is 29.8 Å².